The molecule has 1 heterocycles. The molecule has 0 radical (unpaired) electrons. The molecule has 0 aromatic heterocycles. The number of hydrogen-bond acceptors (Lipinski definition) is 3. The molecule has 1 saturated carbocycles. The first-order valence-electron chi connectivity index (χ1n) is 8.02. The molecule has 0 aromatic carbocycles. The van der Waals surface area contributed by atoms with Crippen LogP contribution in [-0.2, 0) is 9.59 Å². The molecule has 4 nitrogen and oxygen atoms in total. The lowest BCUT2D eigenvalue weighted by Gasteiger charge is -2.22. The molecular weight excluding hydrogens is 252 g/mol. The Hall–Kier alpha value is -0.900. The average Bonchev–Trinajstić information content (AvgIpc) is 2.92. The largest absolute Gasteiger partial charge is 0.314 e. The van der Waals surface area contributed by atoms with E-state index in [4.69, 9.17) is 0 Å². The summed E-state index contributed by atoms with van der Waals surface area (Å²) in [6.45, 7) is 9.88. The van der Waals surface area contributed by atoms with Gasteiger partial charge in [-0.1, -0.05) is 34.1 Å². The van der Waals surface area contributed by atoms with Crippen molar-refractivity contribution >= 4 is 11.8 Å². The number of nitrogens with one attached hydrogen (secondary N) is 1. The van der Waals surface area contributed by atoms with Gasteiger partial charge in [0.05, 0.1) is 11.8 Å². The second-order valence-corrected chi connectivity index (χ2v) is 6.91. The molecule has 1 N–H and O–H groups in total. The molecule has 4 heteroatoms. The SMILES string of the molecule is CCC1CC2C(=O)N(CC(C)CNC(C)C)C(=O)C2C1. The lowest BCUT2D eigenvalue weighted by atomic mass is 10.00. The summed E-state index contributed by atoms with van der Waals surface area (Å²) in [7, 11) is 0. The maximum atomic E-state index is 12.4. The van der Waals surface area contributed by atoms with E-state index in [9.17, 15) is 9.59 Å². The van der Waals surface area contributed by atoms with Crippen molar-refractivity contribution < 1.29 is 9.59 Å². The number of likely N-dealkylation sites (tertiary alicyclic amines) is 1. The molecule has 0 bridgehead atoms. The number of nitrogens with zero attached hydrogens (tertiary/aromatic N) is 1. The van der Waals surface area contributed by atoms with E-state index in [-0.39, 0.29) is 23.7 Å². The van der Waals surface area contributed by atoms with Gasteiger partial charge in [0.15, 0.2) is 0 Å². The molecule has 2 fully saturated rings. The van der Waals surface area contributed by atoms with Gasteiger partial charge in [-0.05, 0) is 31.2 Å². The van der Waals surface area contributed by atoms with Crippen molar-refractivity contribution in [3.05, 3.63) is 0 Å². The summed E-state index contributed by atoms with van der Waals surface area (Å²) in [6.07, 6.45) is 2.92. The number of carbonyl (C=O) groups excluding carboxylic acids is 2. The van der Waals surface area contributed by atoms with Crippen LogP contribution in [0.1, 0.15) is 47.0 Å². The van der Waals surface area contributed by atoms with Gasteiger partial charge in [0.1, 0.15) is 0 Å². The van der Waals surface area contributed by atoms with E-state index >= 15 is 0 Å². The van der Waals surface area contributed by atoms with E-state index in [0.717, 1.165) is 25.8 Å². The fourth-order valence-corrected chi connectivity index (χ4v) is 3.52. The summed E-state index contributed by atoms with van der Waals surface area (Å²) >= 11 is 0. The number of amides is 2. The fourth-order valence-electron chi connectivity index (χ4n) is 3.52. The summed E-state index contributed by atoms with van der Waals surface area (Å²) in [5.41, 5.74) is 0. The topological polar surface area (TPSA) is 49.4 Å². The van der Waals surface area contributed by atoms with Gasteiger partial charge >= 0.3 is 0 Å². The molecule has 2 amide bonds. The minimum Gasteiger partial charge on any atom is -0.314 e. The normalized spacial score (nSPS) is 31.2. The Morgan fingerprint density at radius 1 is 1.15 bits per heavy atom. The number of imide groups is 1. The van der Waals surface area contributed by atoms with Crippen LogP contribution in [0.5, 0.6) is 0 Å². The van der Waals surface area contributed by atoms with Crippen LogP contribution in [-0.4, -0.2) is 35.8 Å². The maximum absolute atomic E-state index is 12.4. The Kier molecular flexibility index (Phi) is 4.84. The Labute approximate surface area is 122 Å². The summed E-state index contributed by atoms with van der Waals surface area (Å²) in [4.78, 5) is 26.4. The zero-order valence-electron chi connectivity index (χ0n) is 13.2. The Morgan fingerprint density at radius 2 is 1.70 bits per heavy atom. The van der Waals surface area contributed by atoms with E-state index in [1.807, 2.05) is 0 Å². The Bertz CT molecular complexity index is 357. The van der Waals surface area contributed by atoms with Crippen molar-refractivity contribution in [3.63, 3.8) is 0 Å². The molecule has 2 aliphatic rings. The highest BCUT2D eigenvalue weighted by atomic mass is 16.2. The van der Waals surface area contributed by atoms with Gasteiger partial charge in [0.2, 0.25) is 11.8 Å². The van der Waals surface area contributed by atoms with Gasteiger partial charge < -0.3 is 5.32 Å². The van der Waals surface area contributed by atoms with E-state index in [2.05, 4.69) is 33.0 Å². The quantitative estimate of drug-likeness (QED) is 0.758. The Balaban J connectivity index is 1.92. The van der Waals surface area contributed by atoms with Crippen molar-refractivity contribution in [1.29, 1.82) is 0 Å². The van der Waals surface area contributed by atoms with Gasteiger partial charge in [-0.15, -0.1) is 0 Å². The van der Waals surface area contributed by atoms with Crippen LogP contribution in [0, 0.1) is 23.7 Å². The summed E-state index contributed by atoms with van der Waals surface area (Å²) in [5, 5.41) is 3.37. The van der Waals surface area contributed by atoms with Crippen LogP contribution in [0.2, 0.25) is 0 Å². The van der Waals surface area contributed by atoms with Gasteiger partial charge in [-0.25, -0.2) is 0 Å². The molecule has 114 valence electrons. The van der Waals surface area contributed by atoms with Gasteiger partial charge in [0.25, 0.3) is 0 Å². The van der Waals surface area contributed by atoms with Crippen LogP contribution in [0.4, 0.5) is 0 Å². The lowest BCUT2D eigenvalue weighted by Crippen LogP contribution is -2.39. The average molecular weight is 280 g/mol. The molecule has 20 heavy (non-hydrogen) atoms. The van der Waals surface area contributed by atoms with Crippen LogP contribution in [0.3, 0.4) is 0 Å². The summed E-state index contributed by atoms with van der Waals surface area (Å²) in [6, 6.07) is 0.437. The first-order chi connectivity index (χ1) is 9.43. The van der Waals surface area contributed by atoms with Crippen molar-refractivity contribution in [2.24, 2.45) is 23.7 Å². The van der Waals surface area contributed by atoms with Gasteiger partial charge in [0, 0.05) is 12.6 Å². The number of hydrogen-bond donors (Lipinski definition) is 1. The van der Waals surface area contributed by atoms with Gasteiger partial charge in [-0.3, -0.25) is 14.5 Å². The highest BCUT2D eigenvalue weighted by Gasteiger charge is 2.52. The second kappa shape index (κ2) is 6.25. The zero-order valence-corrected chi connectivity index (χ0v) is 13.2. The fraction of sp³-hybridized carbons (Fsp3) is 0.875. The molecule has 2 rings (SSSR count). The monoisotopic (exact) mass is 280 g/mol. The molecule has 0 spiro atoms. The smallest absolute Gasteiger partial charge is 0.233 e. The third kappa shape index (κ3) is 3.05. The van der Waals surface area contributed by atoms with Crippen molar-refractivity contribution in [3.8, 4) is 0 Å². The molecule has 1 saturated heterocycles. The van der Waals surface area contributed by atoms with E-state index in [1.54, 1.807) is 0 Å². The van der Waals surface area contributed by atoms with Crippen molar-refractivity contribution in [1.82, 2.24) is 10.2 Å². The van der Waals surface area contributed by atoms with Crippen molar-refractivity contribution in [2.75, 3.05) is 13.1 Å². The number of rotatable bonds is 6. The zero-order chi connectivity index (χ0) is 14.9. The molecular formula is C16H28N2O2. The summed E-state index contributed by atoms with van der Waals surface area (Å²) < 4.78 is 0. The standard InChI is InChI=1S/C16H28N2O2/c1-5-12-6-13-14(7-12)16(20)18(15(13)19)9-11(4)8-17-10(2)3/h10-14,17H,5-9H2,1-4H3. The lowest BCUT2D eigenvalue weighted by molar-refractivity contribution is -0.141. The minimum atomic E-state index is -0.0160. The van der Waals surface area contributed by atoms with Crippen LogP contribution in [0.15, 0.2) is 0 Å². The van der Waals surface area contributed by atoms with Gasteiger partial charge in [-0.2, -0.15) is 0 Å². The van der Waals surface area contributed by atoms with Crippen LogP contribution in [0.25, 0.3) is 0 Å². The third-order valence-electron chi connectivity index (χ3n) is 4.77. The molecule has 3 atom stereocenters. The minimum absolute atomic E-state index is 0.0160. The molecule has 1 aliphatic carbocycles. The van der Waals surface area contributed by atoms with E-state index in [0.29, 0.717) is 24.4 Å². The predicted octanol–water partition coefficient (Wildman–Crippen LogP) is 2.04. The van der Waals surface area contributed by atoms with Crippen molar-refractivity contribution in [2.45, 2.75) is 53.0 Å². The van der Waals surface area contributed by atoms with Crippen LogP contribution < -0.4 is 5.32 Å². The second-order valence-electron chi connectivity index (χ2n) is 6.91. The highest BCUT2D eigenvalue weighted by molar-refractivity contribution is 6.05. The molecule has 3 unspecified atom stereocenters. The summed E-state index contributed by atoms with van der Waals surface area (Å²) in [5.74, 6) is 1.03. The predicted molar refractivity (Wildman–Crippen MR) is 79.0 cm³/mol. The van der Waals surface area contributed by atoms with Crippen LogP contribution >= 0.6 is 0 Å². The van der Waals surface area contributed by atoms with E-state index in [1.165, 1.54) is 4.90 Å². The molecule has 1 aliphatic heterocycles. The number of carbonyl (C=O) groups is 2. The third-order valence-corrected chi connectivity index (χ3v) is 4.77. The number of fused-ring (bicyclic) bond motifs is 1. The first kappa shape index (κ1) is 15.5. The first-order valence-corrected chi connectivity index (χ1v) is 8.02. The van der Waals surface area contributed by atoms with E-state index < -0.39 is 0 Å². The molecule has 0 aromatic rings. The highest BCUT2D eigenvalue weighted by Crippen LogP contribution is 2.44. The Morgan fingerprint density at radius 3 is 2.15 bits per heavy atom. The maximum Gasteiger partial charge on any atom is 0.233 e.